The number of rotatable bonds is 27. The normalized spacial score (nSPS) is 12.0. The van der Waals surface area contributed by atoms with E-state index in [4.69, 9.17) is 14.2 Å². The largest absolute Gasteiger partial charge is 0.508 e. The van der Waals surface area contributed by atoms with Crippen LogP contribution in [0.4, 0.5) is 4.79 Å². The van der Waals surface area contributed by atoms with Crippen LogP contribution in [-0.2, 0) is 19.0 Å². The second-order valence-electron chi connectivity index (χ2n) is 9.77. The fourth-order valence-corrected chi connectivity index (χ4v) is 4.33. The van der Waals surface area contributed by atoms with Crippen LogP contribution in [0.3, 0.4) is 0 Å². The van der Waals surface area contributed by atoms with Crippen molar-refractivity contribution in [2.24, 2.45) is 0 Å². The van der Waals surface area contributed by atoms with Crippen LogP contribution >= 0.6 is 0 Å². The first-order valence-electron chi connectivity index (χ1n) is 14.8. The van der Waals surface area contributed by atoms with Crippen molar-refractivity contribution in [1.82, 2.24) is 4.90 Å². The zero-order valence-corrected chi connectivity index (χ0v) is 23.4. The minimum atomic E-state index is -0.481. The molecule has 0 aromatic carbocycles. The van der Waals surface area contributed by atoms with Crippen molar-refractivity contribution in [2.45, 2.75) is 142 Å². The van der Waals surface area contributed by atoms with Gasteiger partial charge in [0, 0.05) is 0 Å². The zero-order chi connectivity index (χ0) is 25.8. The molecule has 0 aromatic rings. The molecule has 0 heterocycles. The highest BCUT2D eigenvalue weighted by molar-refractivity contribution is 5.60. The first kappa shape index (κ1) is 33.7. The van der Waals surface area contributed by atoms with Gasteiger partial charge in [-0.3, -0.25) is 4.79 Å². The third-order valence-corrected chi connectivity index (χ3v) is 6.61. The molecule has 0 spiro atoms. The Morgan fingerprint density at radius 2 is 1.20 bits per heavy atom. The van der Waals surface area contributed by atoms with Gasteiger partial charge in [0.2, 0.25) is 0 Å². The smallest absolute Gasteiger partial charge is 0.468 e. The van der Waals surface area contributed by atoms with E-state index in [1.807, 2.05) is 0 Å². The van der Waals surface area contributed by atoms with Gasteiger partial charge in [-0.05, 0) is 83.8 Å². The standard InChI is InChI=1S/C29H57NO5/c1-4-7-9-11-12-16-22-28(21-15-10-8-5-2)35-29(32)34-26-20-14-18-24-30(6-3)23-17-13-19-25-33-27-31/h27-28H,4-26H2,1-3H3. The number of nitrogens with zero attached hydrogens (tertiary/aromatic N) is 1. The van der Waals surface area contributed by atoms with Gasteiger partial charge in [0.05, 0.1) is 13.2 Å². The SMILES string of the molecule is CCCCCCCCC(CCCCCC)OC(=O)OCCCCCN(CC)CCCCCOC=O. The molecular weight excluding hydrogens is 442 g/mol. The van der Waals surface area contributed by atoms with E-state index in [1.54, 1.807) is 0 Å². The molecule has 208 valence electrons. The lowest BCUT2D eigenvalue weighted by atomic mass is 10.0. The Labute approximate surface area is 216 Å². The summed E-state index contributed by atoms with van der Waals surface area (Å²) in [6.45, 7) is 11.3. The fourth-order valence-electron chi connectivity index (χ4n) is 4.33. The summed E-state index contributed by atoms with van der Waals surface area (Å²) in [4.78, 5) is 24.8. The first-order chi connectivity index (χ1) is 17.2. The molecule has 0 bridgehead atoms. The van der Waals surface area contributed by atoms with Gasteiger partial charge in [-0.2, -0.15) is 0 Å². The van der Waals surface area contributed by atoms with E-state index >= 15 is 0 Å². The summed E-state index contributed by atoms with van der Waals surface area (Å²) in [6, 6.07) is 0. The third-order valence-electron chi connectivity index (χ3n) is 6.61. The van der Waals surface area contributed by atoms with Gasteiger partial charge in [-0.25, -0.2) is 4.79 Å². The van der Waals surface area contributed by atoms with Crippen molar-refractivity contribution in [3.05, 3.63) is 0 Å². The molecular formula is C29H57NO5. The highest BCUT2D eigenvalue weighted by Gasteiger charge is 2.15. The van der Waals surface area contributed by atoms with Crippen molar-refractivity contribution >= 4 is 12.6 Å². The van der Waals surface area contributed by atoms with Crippen molar-refractivity contribution in [3.8, 4) is 0 Å². The van der Waals surface area contributed by atoms with Crippen LogP contribution in [0.1, 0.15) is 136 Å². The van der Waals surface area contributed by atoms with E-state index < -0.39 is 6.16 Å². The maximum atomic E-state index is 12.2. The molecule has 0 saturated heterocycles. The number of unbranched alkanes of at least 4 members (excludes halogenated alkanes) is 12. The highest BCUT2D eigenvalue weighted by Crippen LogP contribution is 2.17. The van der Waals surface area contributed by atoms with E-state index in [2.05, 4.69) is 25.7 Å². The van der Waals surface area contributed by atoms with Gasteiger partial charge in [0.25, 0.3) is 6.47 Å². The van der Waals surface area contributed by atoms with Crippen LogP contribution in [0.5, 0.6) is 0 Å². The third kappa shape index (κ3) is 24.2. The highest BCUT2D eigenvalue weighted by atomic mass is 16.7. The Morgan fingerprint density at radius 3 is 1.77 bits per heavy atom. The lowest BCUT2D eigenvalue weighted by Gasteiger charge is -2.20. The molecule has 0 aliphatic carbocycles. The summed E-state index contributed by atoms with van der Waals surface area (Å²) in [5.74, 6) is 0. The van der Waals surface area contributed by atoms with Crippen molar-refractivity contribution < 1.29 is 23.8 Å². The van der Waals surface area contributed by atoms with Crippen LogP contribution in [-0.4, -0.2) is 56.5 Å². The van der Waals surface area contributed by atoms with Crippen LogP contribution < -0.4 is 0 Å². The lowest BCUT2D eigenvalue weighted by molar-refractivity contribution is -0.128. The monoisotopic (exact) mass is 499 g/mol. The van der Waals surface area contributed by atoms with Crippen molar-refractivity contribution in [3.63, 3.8) is 0 Å². The van der Waals surface area contributed by atoms with Gasteiger partial charge in [-0.15, -0.1) is 0 Å². The molecule has 0 N–H and O–H groups in total. The first-order valence-corrected chi connectivity index (χ1v) is 14.8. The molecule has 0 fully saturated rings. The molecule has 0 aliphatic heterocycles. The maximum absolute atomic E-state index is 12.2. The Morgan fingerprint density at radius 1 is 0.686 bits per heavy atom. The summed E-state index contributed by atoms with van der Waals surface area (Å²) in [5.41, 5.74) is 0. The predicted molar refractivity (Wildman–Crippen MR) is 145 cm³/mol. The Hall–Kier alpha value is -1.30. The summed E-state index contributed by atoms with van der Waals surface area (Å²) in [7, 11) is 0. The number of hydrogen-bond acceptors (Lipinski definition) is 6. The van der Waals surface area contributed by atoms with E-state index in [0.29, 0.717) is 19.7 Å². The van der Waals surface area contributed by atoms with Gasteiger partial charge in [0.1, 0.15) is 6.10 Å². The van der Waals surface area contributed by atoms with Crippen molar-refractivity contribution in [2.75, 3.05) is 32.8 Å². The van der Waals surface area contributed by atoms with Crippen LogP contribution in [0.15, 0.2) is 0 Å². The molecule has 6 heteroatoms. The van der Waals surface area contributed by atoms with Crippen LogP contribution in [0, 0.1) is 0 Å². The number of carbonyl (C=O) groups is 2. The van der Waals surface area contributed by atoms with Crippen LogP contribution in [0.2, 0.25) is 0 Å². The lowest BCUT2D eigenvalue weighted by Crippen LogP contribution is -2.25. The van der Waals surface area contributed by atoms with E-state index in [0.717, 1.165) is 83.8 Å². The molecule has 1 atom stereocenters. The molecule has 35 heavy (non-hydrogen) atoms. The number of hydrogen-bond donors (Lipinski definition) is 0. The fraction of sp³-hybridized carbons (Fsp3) is 0.931. The molecule has 0 aromatic heterocycles. The summed E-state index contributed by atoms with van der Waals surface area (Å²) in [5, 5.41) is 0. The van der Waals surface area contributed by atoms with Crippen LogP contribution in [0.25, 0.3) is 0 Å². The topological polar surface area (TPSA) is 65.1 Å². The van der Waals surface area contributed by atoms with Gasteiger partial charge in [0.15, 0.2) is 0 Å². The molecule has 6 nitrogen and oxygen atoms in total. The van der Waals surface area contributed by atoms with Gasteiger partial charge >= 0.3 is 6.16 Å². The average Bonchev–Trinajstić information content (AvgIpc) is 2.86. The number of ether oxygens (including phenoxy) is 3. The van der Waals surface area contributed by atoms with Crippen molar-refractivity contribution in [1.29, 1.82) is 0 Å². The Kier molecular flexibility index (Phi) is 26.3. The minimum absolute atomic E-state index is 0.00800. The second kappa shape index (κ2) is 27.3. The van der Waals surface area contributed by atoms with E-state index in [-0.39, 0.29) is 6.10 Å². The number of carbonyl (C=O) groups excluding carboxylic acids is 2. The molecule has 0 radical (unpaired) electrons. The molecule has 1 unspecified atom stereocenters. The average molecular weight is 500 g/mol. The quantitative estimate of drug-likeness (QED) is 0.0647. The summed E-state index contributed by atoms with van der Waals surface area (Å²) >= 11 is 0. The molecule has 0 amide bonds. The summed E-state index contributed by atoms with van der Waals surface area (Å²) in [6.07, 6.45) is 20.0. The van der Waals surface area contributed by atoms with Gasteiger partial charge in [-0.1, -0.05) is 72.1 Å². The second-order valence-corrected chi connectivity index (χ2v) is 9.77. The maximum Gasteiger partial charge on any atom is 0.508 e. The zero-order valence-electron chi connectivity index (χ0n) is 23.4. The van der Waals surface area contributed by atoms with E-state index in [9.17, 15) is 9.59 Å². The predicted octanol–water partition coefficient (Wildman–Crippen LogP) is 8.06. The summed E-state index contributed by atoms with van der Waals surface area (Å²) < 4.78 is 15.8. The van der Waals surface area contributed by atoms with Gasteiger partial charge < -0.3 is 19.1 Å². The Bertz CT molecular complexity index is 460. The molecule has 0 rings (SSSR count). The Balaban J connectivity index is 3.95. The minimum Gasteiger partial charge on any atom is -0.468 e. The molecule has 0 saturated carbocycles. The van der Waals surface area contributed by atoms with E-state index in [1.165, 1.54) is 51.4 Å². The molecule has 0 aliphatic rings.